The molecule has 3 aromatic carbocycles. The lowest BCUT2D eigenvalue weighted by Crippen LogP contribution is -3.13. The van der Waals surface area contributed by atoms with Crippen molar-refractivity contribution >= 4 is 16.6 Å². The summed E-state index contributed by atoms with van der Waals surface area (Å²) in [6.07, 6.45) is 0. The van der Waals surface area contributed by atoms with E-state index in [1.807, 2.05) is 18.2 Å². The number of ether oxygens (including phenoxy) is 2. The molecule has 0 atom stereocenters. The van der Waals surface area contributed by atoms with Gasteiger partial charge in [-0.15, -0.1) is 10.2 Å². The lowest BCUT2D eigenvalue weighted by molar-refractivity contribution is -0.914. The molecular weight excluding hydrogens is 419 g/mol. The van der Waals surface area contributed by atoms with Crippen LogP contribution in [0.4, 0.5) is 10.2 Å². The average molecular weight is 444 g/mol. The van der Waals surface area contributed by atoms with Crippen molar-refractivity contribution in [2.24, 2.45) is 0 Å². The number of nitrogens with one attached hydrogen (secondary N) is 1. The van der Waals surface area contributed by atoms with Crippen LogP contribution in [0.15, 0.2) is 66.7 Å². The number of anilines is 1. The molecule has 0 unspecified atom stereocenters. The summed E-state index contributed by atoms with van der Waals surface area (Å²) in [5.41, 5.74) is 2.91. The summed E-state index contributed by atoms with van der Waals surface area (Å²) in [7, 11) is 0. The molecule has 0 saturated carbocycles. The van der Waals surface area contributed by atoms with Gasteiger partial charge in [-0.05, 0) is 42.5 Å². The second-order valence-electron chi connectivity index (χ2n) is 8.53. The molecule has 6 rings (SSSR count). The van der Waals surface area contributed by atoms with Gasteiger partial charge in [-0.25, -0.2) is 4.39 Å². The first-order valence-electron chi connectivity index (χ1n) is 11.2. The Morgan fingerprint density at radius 1 is 0.848 bits per heavy atom. The van der Waals surface area contributed by atoms with E-state index in [4.69, 9.17) is 9.47 Å². The fraction of sp³-hybridized carbons (Fsp3) is 0.231. The zero-order valence-corrected chi connectivity index (χ0v) is 18.1. The van der Waals surface area contributed by atoms with Crippen molar-refractivity contribution in [3.63, 3.8) is 0 Å². The number of benzene rings is 3. The summed E-state index contributed by atoms with van der Waals surface area (Å²) in [4.78, 5) is 3.86. The van der Waals surface area contributed by atoms with E-state index in [1.54, 1.807) is 12.1 Å². The van der Waals surface area contributed by atoms with Gasteiger partial charge in [-0.2, -0.15) is 0 Å². The standard InChI is InChI=1S/C26H23FN4O2/c27-20-8-6-19(7-9-20)25-21-3-1-2-4-22(21)26(29-28-25)31-13-11-30(12-14-31)16-18-5-10-23-24(15-18)33-17-32-23/h1-10,15H,11-14,16-17H2/p+1. The van der Waals surface area contributed by atoms with Crippen LogP contribution in [0.5, 0.6) is 11.5 Å². The molecule has 0 bridgehead atoms. The van der Waals surface area contributed by atoms with Gasteiger partial charge in [0.05, 0.1) is 26.2 Å². The molecule has 0 spiro atoms. The largest absolute Gasteiger partial charge is 0.454 e. The molecule has 166 valence electrons. The van der Waals surface area contributed by atoms with Gasteiger partial charge in [-0.3, -0.25) is 0 Å². The number of hydrogen-bond donors (Lipinski definition) is 1. The highest BCUT2D eigenvalue weighted by atomic mass is 19.1. The first-order chi connectivity index (χ1) is 16.2. The minimum atomic E-state index is -0.256. The SMILES string of the molecule is Fc1ccc(-c2nnc(N3CC[NH+](Cc4ccc5c(c4)OCO5)CC3)c3ccccc23)cc1. The highest BCUT2D eigenvalue weighted by Gasteiger charge is 2.24. The maximum absolute atomic E-state index is 13.4. The molecule has 0 radical (unpaired) electrons. The fourth-order valence-corrected chi connectivity index (χ4v) is 4.70. The summed E-state index contributed by atoms with van der Waals surface area (Å²) in [6, 6.07) is 20.8. The Morgan fingerprint density at radius 2 is 1.61 bits per heavy atom. The van der Waals surface area contributed by atoms with Gasteiger partial charge < -0.3 is 19.3 Å². The molecule has 1 fully saturated rings. The van der Waals surface area contributed by atoms with E-state index in [0.717, 1.165) is 72.1 Å². The Labute approximate surface area is 191 Å². The first kappa shape index (κ1) is 19.9. The van der Waals surface area contributed by atoms with E-state index >= 15 is 0 Å². The van der Waals surface area contributed by atoms with Crippen LogP contribution in [0.1, 0.15) is 5.56 Å². The third kappa shape index (κ3) is 3.85. The maximum atomic E-state index is 13.4. The Morgan fingerprint density at radius 3 is 2.42 bits per heavy atom. The molecule has 7 heteroatoms. The third-order valence-electron chi connectivity index (χ3n) is 6.45. The van der Waals surface area contributed by atoms with Crippen LogP contribution in [0.2, 0.25) is 0 Å². The fourth-order valence-electron chi connectivity index (χ4n) is 4.70. The molecule has 1 aromatic heterocycles. The molecule has 2 aliphatic heterocycles. The van der Waals surface area contributed by atoms with Crippen molar-refractivity contribution in [2.45, 2.75) is 6.54 Å². The van der Waals surface area contributed by atoms with E-state index in [1.165, 1.54) is 22.6 Å². The summed E-state index contributed by atoms with van der Waals surface area (Å²) < 4.78 is 24.3. The van der Waals surface area contributed by atoms with Gasteiger partial charge >= 0.3 is 0 Å². The van der Waals surface area contributed by atoms with E-state index < -0.39 is 0 Å². The van der Waals surface area contributed by atoms with Crippen LogP contribution in [-0.2, 0) is 6.54 Å². The van der Waals surface area contributed by atoms with Crippen molar-refractivity contribution in [1.82, 2.24) is 10.2 Å². The molecule has 2 aliphatic rings. The van der Waals surface area contributed by atoms with Crippen LogP contribution < -0.4 is 19.3 Å². The first-order valence-corrected chi connectivity index (χ1v) is 11.2. The van der Waals surface area contributed by atoms with Gasteiger partial charge in [0.25, 0.3) is 0 Å². The topological polar surface area (TPSA) is 51.9 Å². The molecule has 6 nitrogen and oxygen atoms in total. The monoisotopic (exact) mass is 443 g/mol. The molecule has 0 aliphatic carbocycles. The molecular formula is C26H24FN4O2+. The van der Waals surface area contributed by atoms with Crippen LogP contribution in [0.25, 0.3) is 22.0 Å². The summed E-state index contributed by atoms with van der Waals surface area (Å²) in [5, 5.41) is 11.3. The van der Waals surface area contributed by atoms with Gasteiger partial charge in [0.1, 0.15) is 18.1 Å². The van der Waals surface area contributed by atoms with Crippen LogP contribution in [0, 0.1) is 5.82 Å². The van der Waals surface area contributed by atoms with Crippen molar-refractivity contribution < 1.29 is 18.8 Å². The summed E-state index contributed by atoms with van der Waals surface area (Å²) in [5.74, 6) is 2.33. The molecule has 33 heavy (non-hydrogen) atoms. The van der Waals surface area contributed by atoms with Crippen molar-refractivity contribution in [3.05, 3.63) is 78.1 Å². The third-order valence-corrected chi connectivity index (χ3v) is 6.45. The van der Waals surface area contributed by atoms with Gasteiger partial charge in [0.2, 0.25) is 6.79 Å². The second kappa shape index (κ2) is 8.33. The molecule has 1 N–H and O–H groups in total. The zero-order valence-electron chi connectivity index (χ0n) is 18.1. The minimum absolute atomic E-state index is 0.256. The van der Waals surface area contributed by atoms with Crippen molar-refractivity contribution in [1.29, 1.82) is 0 Å². The normalized spacial score (nSPS) is 15.8. The second-order valence-corrected chi connectivity index (χ2v) is 8.53. The molecule has 3 heterocycles. The Hall–Kier alpha value is -3.71. The summed E-state index contributed by atoms with van der Waals surface area (Å²) in [6.45, 7) is 5.12. The quantitative estimate of drug-likeness (QED) is 0.526. The van der Waals surface area contributed by atoms with Gasteiger partial charge in [-0.1, -0.05) is 24.3 Å². The maximum Gasteiger partial charge on any atom is 0.231 e. The van der Waals surface area contributed by atoms with E-state index in [2.05, 4.69) is 39.4 Å². The molecule has 4 aromatic rings. The number of piperazine rings is 1. The predicted octanol–water partition coefficient (Wildman–Crippen LogP) is 3.07. The van der Waals surface area contributed by atoms with E-state index in [0.29, 0.717) is 6.79 Å². The minimum Gasteiger partial charge on any atom is -0.454 e. The lowest BCUT2D eigenvalue weighted by Gasteiger charge is -2.33. The number of fused-ring (bicyclic) bond motifs is 2. The Bertz CT molecular complexity index is 1300. The smallest absolute Gasteiger partial charge is 0.231 e. The average Bonchev–Trinajstić information content (AvgIpc) is 3.33. The number of quaternary nitrogens is 1. The number of rotatable bonds is 4. The van der Waals surface area contributed by atoms with Crippen molar-refractivity contribution in [2.75, 3.05) is 37.9 Å². The Kier molecular flexibility index (Phi) is 5.03. The lowest BCUT2D eigenvalue weighted by atomic mass is 10.0. The van der Waals surface area contributed by atoms with E-state index in [9.17, 15) is 4.39 Å². The number of aromatic nitrogens is 2. The predicted molar refractivity (Wildman–Crippen MR) is 124 cm³/mol. The number of nitrogens with zero attached hydrogens (tertiary/aromatic N) is 3. The van der Waals surface area contributed by atoms with E-state index in [-0.39, 0.29) is 5.82 Å². The van der Waals surface area contributed by atoms with Crippen LogP contribution in [0.3, 0.4) is 0 Å². The van der Waals surface area contributed by atoms with Crippen LogP contribution in [-0.4, -0.2) is 43.2 Å². The van der Waals surface area contributed by atoms with Crippen molar-refractivity contribution in [3.8, 4) is 22.8 Å². The highest BCUT2D eigenvalue weighted by molar-refractivity contribution is 6.00. The van der Waals surface area contributed by atoms with Gasteiger partial charge in [0.15, 0.2) is 17.3 Å². The van der Waals surface area contributed by atoms with Gasteiger partial charge in [0, 0.05) is 21.9 Å². The molecule has 1 saturated heterocycles. The highest BCUT2D eigenvalue weighted by Crippen LogP contribution is 2.33. The number of hydrogen-bond acceptors (Lipinski definition) is 5. The number of halogens is 1. The summed E-state index contributed by atoms with van der Waals surface area (Å²) >= 11 is 0. The zero-order chi connectivity index (χ0) is 22.2. The molecule has 0 amide bonds. The Balaban J connectivity index is 1.21. The van der Waals surface area contributed by atoms with Crippen LogP contribution >= 0.6 is 0 Å².